The van der Waals surface area contributed by atoms with E-state index >= 15 is 0 Å². The minimum atomic E-state index is -0.483. The summed E-state index contributed by atoms with van der Waals surface area (Å²) >= 11 is 0. The topological polar surface area (TPSA) is 52.3 Å². The Hall–Kier alpha value is -2.29. The summed E-state index contributed by atoms with van der Waals surface area (Å²) in [6.45, 7) is 7.60. The average Bonchev–Trinajstić information content (AvgIpc) is 2.37. The van der Waals surface area contributed by atoms with Crippen molar-refractivity contribution in [3.8, 4) is 11.1 Å². The highest BCUT2D eigenvalue weighted by molar-refractivity contribution is 5.90. The van der Waals surface area contributed by atoms with E-state index < -0.39 is 5.60 Å². The van der Waals surface area contributed by atoms with Gasteiger partial charge in [0.1, 0.15) is 5.60 Å². The summed E-state index contributed by atoms with van der Waals surface area (Å²) in [4.78, 5) is 12.0. The third-order valence-electron chi connectivity index (χ3n) is 3.08. The molecule has 0 saturated carbocycles. The van der Waals surface area contributed by atoms with Gasteiger partial charge in [0.25, 0.3) is 0 Å². The predicted molar refractivity (Wildman–Crippen MR) is 86.2 cm³/mol. The van der Waals surface area contributed by atoms with Crippen molar-refractivity contribution in [3.63, 3.8) is 0 Å². The van der Waals surface area contributed by atoms with Gasteiger partial charge in [0.2, 0.25) is 0 Å². The van der Waals surface area contributed by atoms with E-state index in [0.29, 0.717) is 5.56 Å². The molecule has 0 bridgehead atoms. The number of esters is 1. The monoisotopic (exact) mass is 283 g/mol. The second-order valence-corrected chi connectivity index (χ2v) is 6.15. The second kappa shape index (κ2) is 5.60. The van der Waals surface area contributed by atoms with Crippen LogP contribution in [0.4, 0.5) is 5.69 Å². The molecule has 0 aliphatic heterocycles. The van der Waals surface area contributed by atoms with Crippen LogP contribution >= 0.6 is 0 Å². The number of hydrogen-bond donors (Lipinski definition) is 1. The maximum atomic E-state index is 12.0. The first-order chi connectivity index (χ1) is 9.76. The third-order valence-corrected chi connectivity index (χ3v) is 3.08. The molecule has 110 valence electrons. The SMILES string of the molecule is Cc1cc(N)ccc1-c1ccc(C(=O)OC(C)(C)C)cc1. The van der Waals surface area contributed by atoms with Gasteiger partial charge >= 0.3 is 5.97 Å². The van der Waals surface area contributed by atoms with Crippen LogP contribution in [0.2, 0.25) is 0 Å². The first-order valence-electron chi connectivity index (χ1n) is 6.96. The number of nitrogen functional groups attached to an aromatic ring is 1. The normalized spacial score (nSPS) is 11.2. The summed E-state index contributed by atoms with van der Waals surface area (Å²) in [5.74, 6) is -0.303. The van der Waals surface area contributed by atoms with Crippen molar-refractivity contribution in [2.75, 3.05) is 5.73 Å². The van der Waals surface area contributed by atoms with Crippen LogP contribution in [-0.2, 0) is 4.74 Å². The van der Waals surface area contributed by atoms with Crippen molar-refractivity contribution < 1.29 is 9.53 Å². The number of benzene rings is 2. The Morgan fingerprint density at radius 2 is 1.67 bits per heavy atom. The number of hydrogen-bond acceptors (Lipinski definition) is 3. The molecule has 3 nitrogen and oxygen atoms in total. The van der Waals surface area contributed by atoms with Crippen LogP contribution in [0.1, 0.15) is 36.7 Å². The molecule has 0 radical (unpaired) electrons. The van der Waals surface area contributed by atoms with Gasteiger partial charge in [-0.2, -0.15) is 0 Å². The van der Waals surface area contributed by atoms with E-state index in [4.69, 9.17) is 10.5 Å². The van der Waals surface area contributed by atoms with Gasteiger partial charge in [-0.1, -0.05) is 18.2 Å². The lowest BCUT2D eigenvalue weighted by Gasteiger charge is -2.19. The Morgan fingerprint density at radius 1 is 1.05 bits per heavy atom. The number of ether oxygens (including phenoxy) is 1. The van der Waals surface area contributed by atoms with E-state index in [2.05, 4.69) is 0 Å². The van der Waals surface area contributed by atoms with E-state index in [1.165, 1.54) is 0 Å². The van der Waals surface area contributed by atoms with Gasteiger partial charge in [-0.05, 0) is 68.7 Å². The Balaban J connectivity index is 2.25. The first kappa shape index (κ1) is 15.1. The maximum Gasteiger partial charge on any atom is 0.338 e. The van der Waals surface area contributed by atoms with E-state index in [1.54, 1.807) is 12.1 Å². The molecule has 0 aliphatic rings. The van der Waals surface area contributed by atoms with Crippen molar-refractivity contribution in [3.05, 3.63) is 53.6 Å². The third kappa shape index (κ3) is 3.85. The lowest BCUT2D eigenvalue weighted by molar-refractivity contribution is 0.00696. The van der Waals surface area contributed by atoms with E-state index in [9.17, 15) is 4.79 Å². The molecule has 2 N–H and O–H groups in total. The fourth-order valence-corrected chi connectivity index (χ4v) is 2.13. The Bertz CT molecular complexity index is 652. The number of carbonyl (C=O) groups excluding carboxylic acids is 1. The second-order valence-electron chi connectivity index (χ2n) is 6.15. The highest BCUT2D eigenvalue weighted by Crippen LogP contribution is 2.25. The number of carbonyl (C=O) groups is 1. The van der Waals surface area contributed by atoms with Crippen molar-refractivity contribution in [2.45, 2.75) is 33.3 Å². The van der Waals surface area contributed by atoms with Crippen molar-refractivity contribution in [1.82, 2.24) is 0 Å². The lowest BCUT2D eigenvalue weighted by atomic mass is 9.99. The van der Waals surface area contributed by atoms with E-state index in [1.807, 2.05) is 58.0 Å². The molecule has 2 aromatic rings. The van der Waals surface area contributed by atoms with Crippen molar-refractivity contribution in [1.29, 1.82) is 0 Å². The van der Waals surface area contributed by atoms with E-state index in [0.717, 1.165) is 22.4 Å². The summed E-state index contributed by atoms with van der Waals surface area (Å²) in [5.41, 5.74) is 9.87. The molecule has 0 fully saturated rings. The Morgan fingerprint density at radius 3 is 2.19 bits per heavy atom. The van der Waals surface area contributed by atoms with Gasteiger partial charge in [-0.15, -0.1) is 0 Å². The van der Waals surface area contributed by atoms with Gasteiger partial charge in [0.05, 0.1) is 5.56 Å². The minimum absolute atomic E-state index is 0.303. The van der Waals surface area contributed by atoms with Gasteiger partial charge in [0.15, 0.2) is 0 Å². The smallest absolute Gasteiger partial charge is 0.338 e. The van der Waals surface area contributed by atoms with Crippen molar-refractivity contribution >= 4 is 11.7 Å². The van der Waals surface area contributed by atoms with Crippen LogP contribution < -0.4 is 5.73 Å². The zero-order chi connectivity index (χ0) is 15.6. The van der Waals surface area contributed by atoms with Crippen LogP contribution in [0, 0.1) is 6.92 Å². The largest absolute Gasteiger partial charge is 0.456 e. The molecule has 0 aliphatic carbocycles. The molecular formula is C18H21NO2. The summed E-state index contributed by atoms with van der Waals surface area (Å²) < 4.78 is 5.35. The highest BCUT2D eigenvalue weighted by atomic mass is 16.6. The van der Waals surface area contributed by atoms with Gasteiger partial charge in [0, 0.05) is 5.69 Å². The zero-order valence-electron chi connectivity index (χ0n) is 12.9. The van der Waals surface area contributed by atoms with Crippen LogP contribution in [0.5, 0.6) is 0 Å². The molecular weight excluding hydrogens is 262 g/mol. The summed E-state index contributed by atoms with van der Waals surface area (Å²) in [6, 6.07) is 13.3. The molecule has 3 heteroatoms. The summed E-state index contributed by atoms with van der Waals surface area (Å²) in [7, 11) is 0. The van der Waals surface area contributed by atoms with Crippen LogP contribution in [0.3, 0.4) is 0 Å². The van der Waals surface area contributed by atoms with Gasteiger partial charge < -0.3 is 10.5 Å². The fraction of sp³-hybridized carbons (Fsp3) is 0.278. The standard InChI is InChI=1S/C18H21NO2/c1-12-11-15(19)9-10-16(12)13-5-7-14(8-6-13)17(20)21-18(2,3)4/h5-11H,19H2,1-4H3. The molecule has 0 aromatic heterocycles. The molecule has 2 rings (SSSR count). The summed E-state index contributed by atoms with van der Waals surface area (Å²) in [5, 5.41) is 0. The molecule has 0 spiro atoms. The molecule has 21 heavy (non-hydrogen) atoms. The quantitative estimate of drug-likeness (QED) is 0.664. The molecule has 0 unspecified atom stereocenters. The van der Waals surface area contributed by atoms with Gasteiger partial charge in [-0.25, -0.2) is 4.79 Å². The van der Waals surface area contributed by atoms with Crippen molar-refractivity contribution in [2.24, 2.45) is 0 Å². The van der Waals surface area contributed by atoms with Crippen LogP contribution in [-0.4, -0.2) is 11.6 Å². The average molecular weight is 283 g/mol. The molecule has 2 aromatic carbocycles. The minimum Gasteiger partial charge on any atom is -0.456 e. The molecule has 0 atom stereocenters. The molecule has 0 amide bonds. The molecule has 0 saturated heterocycles. The van der Waals surface area contributed by atoms with E-state index in [-0.39, 0.29) is 5.97 Å². The highest BCUT2D eigenvalue weighted by Gasteiger charge is 2.17. The lowest BCUT2D eigenvalue weighted by Crippen LogP contribution is -2.23. The van der Waals surface area contributed by atoms with Gasteiger partial charge in [-0.3, -0.25) is 0 Å². The maximum absolute atomic E-state index is 12.0. The molecule has 0 heterocycles. The summed E-state index contributed by atoms with van der Waals surface area (Å²) in [6.07, 6.45) is 0. The first-order valence-corrected chi connectivity index (χ1v) is 6.96. The van der Waals surface area contributed by atoms with Crippen LogP contribution in [0.25, 0.3) is 11.1 Å². The Kier molecular flexibility index (Phi) is 4.03. The van der Waals surface area contributed by atoms with Crippen LogP contribution in [0.15, 0.2) is 42.5 Å². The fourth-order valence-electron chi connectivity index (χ4n) is 2.13. The number of aryl methyl sites for hydroxylation is 1. The predicted octanol–water partition coefficient (Wildman–Crippen LogP) is 4.20. The zero-order valence-corrected chi connectivity index (χ0v) is 12.9. The number of anilines is 1. The number of rotatable bonds is 2. The number of nitrogens with two attached hydrogens (primary N) is 1. The Labute approximate surface area is 125 Å².